The van der Waals surface area contributed by atoms with E-state index in [2.05, 4.69) is 10.3 Å². The summed E-state index contributed by atoms with van der Waals surface area (Å²) in [5.41, 5.74) is 4.63. The maximum atomic E-state index is 12.3. The molecule has 0 atom stereocenters. The van der Waals surface area contributed by atoms with Crippen molar-refractivity contribution in [3.8, 4) is 16.9 Å². The van der Waals surface area contributed by atoms with Crippen molar-refractivity contribution < 1.29 is 9.90 Å². The zero-order valence-electron chi connectivity index (χ0n) is 13.4. The largest absolute Gasteiger partial charge is 0.508 e. The zero-order chi connectivity index (χ0) is 16.9. The van der Waals surface area contributed by atoms with E-state index in [4.69, 9.17) is 0 Å². The molecule has 120 valence electrons. The van der Waals surface area contributed by atoms with Gasteiger partial charge in [-0.05, 0) is 59.5 Å². The van der Waals surface area contributed by atoms with Crippen molar-refractivity contribution in [1.29, 1.82) is 0 Å². The summed E-state index contributed by atoms with van der Waals surface area (Å²) in [6.07, 6.45) is 3.71. The first-order chi connectivity index (χ1) is 11.6. The molecule has 0 aliphatic rings. The van der Waals surface area contributed by atoms with Crippen LogP contribution in [0.25, 0.3) is 11.1 Å². The van der Waals surface area contributed by atoms with Crippen molar-refractivity contribution in [2.24, 2.45) is 0 Å². The van der Waals surface area contributed by atoms with Crippen LogP contribution < -0.4 is 5.32 Å². The fourth-order valence-corrected chi connectivity index (χ4v) is 2.53. The lowest BCUT2D eigenvalue weighted by Gasteiger charge is -2.11. The number of aromatic nitrogens is 1. The second-order valence-electron chi connectivity index (χ2n) is 5.66. The van der Waals surface area contributed by atoms with Crippen LogP contribution in [-0.2, 0) is 11.2 Å². The number of benzene rings is 2. The molecule has 0 radical (unpaired) electrons. The van der Waals surface area contributed by atoms with Crippen LogP contribution in [-0.4, -0.2) is 16.0 Å². The van der Waals surface area contributed by atoms with Gasteiger partial charge in [0.2, 0.25) is 5.91 Å². The number of nitrogens with one attached hydrogen (secondary N) is 1. The minimum absolute atomic E-state index is 0.115. The van der Waals surface area contributed by atoms with E-state index in [1.807, 2.05) is 43.3 Å². The molecule has 4 nitrogen and oxygen atoms in total. The van der Waals surface area contributed by atoms with Gasteiger partial charge < -0.3 is 10.4 Å². The fraction of sp³-hybridized carbons (Fsp3) is 0.100. The third-order valence-corrected chi connectivity index (χ3v) is 3.80. The van der Waals surface area contributed by atoms with Crippen molar-refractivity contribution in [3.63, 3.8) is 0 Å². The summed E-state index contributed by atoms with van der Waals surface area (Å²) in [4.78, 5) is 16.3. The molecular weight excluding hydrogens is 300 g/mol. The SMILES string of the molecule is Cc1ccc(-c2ccncc2)cc1NC(=O)Cc1cccc(O)c1. The van der Waals surface area contributed by atoms with Gasteiger partial charge in [0.25, 0.3) is 0 Å². The molecule has 1 heterocycles. The van der Waals surface area contributed by atoms with Crippen molar-refractivity contribution in [1.82, 2.24) is 4.98 Å². The molecule has 0 aliphatic carbocycles. The minimum atomic E-state index is -0.115. The van der Waals surface area contributed by atoms with Gasteiger partial charge in [0.1, 0.15) is 5.75 Å². The average molecular weight is 318 g/mol. The molecule has 0 bridgehead atoms. The van der Waals surface area contributed by atoms with Gasteiger partial charge in [-0.3, -0.25) is 9.78 Å². The van der Waals surface area contributed by atoms with Gasteiger partial charge in [0.05, 0.1) is 6.42 Å². The van der Waals surface area contributed by atoms with Crippen molar-refractivity contribution in [3.05, 3.63) is 78.1 Å². The Labute approximate surface area is 140 Å². The number of carbonyl (C=O) groups is 1. The van der Waals surface area contributed by atoms with Gasteiger partial charge >= 0.3 is 0 Å². The van der Waals surface area contributed by atoms with Crippen LogP contribution in [0.3, 0.4) is 0 Å². The molecule has 2 aromatic carbocycles. The normalized spacial score (nSPS) is 10.4. The predicted octanol–water partition coefficient (Wildman–Crippen LogP) is 3.94. The van der Waals surface area contributed by atoms with Crippen LogP contribution in [0.15, 0.2) is 67.0 Å². The maximum absolute atomic E-state index is 12.3. The summed E-state index contributed by atoms with van der Waals surface area (Å²) in [5, 5.41) is 12.4. The number of phenols is 1. The van der Waals surface area contributed by atoms with E-state index in [1.165, 1.54) is 0 Å². The summed E-state index contributed by atoms with van der Waals surface area (Å²) in [5.74, 6) is 0.0479. The third kappa shape index (κ3) is 3.79. The number of carbonyl (C=O) groups excluding carboxylic acids is 1. The Balaban J connectivity index is 1.78. The summed E-state index contributed by atoms with van der Waals surface area (Å²) >= 11 is 0. The van der Waals surface area contributed by atoms with Crippen molar-refractivity contribution >= 4 is 11.6 Å². The molecule has 4 heteroatoms. The average Bonchev–Trinajstić information content (AvgIpc) is 2.57. The quantitative estimate of drug-likeness (QED) is 0.766. The Morgan fingerprint density at radius 3 is 2.58 bits per heavy atom. The number of aromatic hydroxyl groups is 1. The topological polar surface area (TPSA) is 62.2 Å². The molecule has 0 saturated carbocycles. The number of nitrogens with zero attached hydrogens (tertiary/aromatic N) is 1. The number of anilines is 1. The molecule has 24 heavy (non-hydrogen) atoms. The summed E-state index contributed by atoms with van der Waals surface area (Å²) in [6, 6.07) is 16.6. The molecule has 1 aromatic heterocycles. The summed E-state index contributed by atoms with van der Waals surface area (Å²) < 4.78 is 0. The lowest BCUT2D eigenvalue weighted by molar-refractivity contribution is -0.115. The predicted molar refractivity (Wildman–Crippen MR) is 94.9 cm³/mol. The summed E-state index contributed by atoms with van der Waals surface area (Å²) in [6.45, 7) is 1.96. The van der Waals surface area contributed by atoms with Crippen LogP contribution in [0.5, 0.6) is 5.75 Å². The standard InChI is InChI=1S/C20H18N2O2/c1-14-5-6-17(16-7-9-21-10-8-16)13-19(14)22-20(24)12-15-3-2-4-18(23)11-15/h2-11,13,23H,12H2,1H3,(H,22,24). The highest BCUT2D eigenvalue weighted by molar-refractivity contribution is 5.93. The minimum Gasteiger partial charge on any atom is -0.508 e. The Bertz CT molecular complexity index is 861. The Morgan fingerprint density at radius 2 is 1.83 bits per heavy atom. The molecular formula is C20H18N2O2. The maximum Gasteiger partial charge on any atom is 0.228 e. The van der Waals surface area contributed by atoms with Crippen LogP contribution in [0.1, 0.15) is 11.1 Å². The smallest absolute Gasteiger partial charge is 0.228 e. The second-order valence-corrected chi connectivity index (χ2v) is 5.66. The van der Waals surface area contributed by atoms with Gasteiger partial charge in [-0.15, -0.1) is 0 Å². The molecule has 0 saturated heterocycles. The number of hydrogen-bond acceptors (Lipinski definition) is 3. The van der Waals surface area contributed by atoms with Crippen LogP contribution >= 0.6 is 0 Å². The molecule has 3 aromatic rings. The summed E-state index contributed by atoms with van der Waals surface area (Å²) in [7, 11) is 0. The first-order valence-electron chi connectivity index (χ1n) is 7.70. The van der Waals surface area contributed by atoms with Gasteiger partial charge in [-0.1, -0.05) is 24.3 Å². The first kappa shape index (κ1) is 15.7. The monoisotopic (exact) mass is 318 g/mol. The molecule has 0 aliphatic heterocycles. The van der Waals surface area contributed by atoms with E-state index in [-0.39, 0.29) is 18.1 Å². The lowest BCUT2D eigenvalue weighted by Crippen LogP contribution is -2.15. The number of hydrogen-bond donors (Lipinski definition) is 2. The van der Waals surface area contributed by atoms with E-state index in [1.54, 1.807) is 30.6 Å². The Kier molecular flexibility index (Phi) is 4.57. The van der Waals surface area contributed by atoms with Gasteiger partial charge in [0, 0.05) is 18.1 Å². The van der Waals surface area contributed by atoms with Gasteiger partial charge in [-0.25, -0.2) is 0 Å². The molecule has 0 spiro atoms. The highest BCUT2D eigenvalue weighted by atomic mass is 16.3. The van der Waals surface area contributed by atoms with E-state index in [0.29, 0.717) is 0 Å². The first-order valence-corrected chi connectivity index (χ1v) is 7.70. The second kappa shape index (κ2) is 6.96. The lowest BCUT2D eigenvalue weighted by atomic mass is 10.0. The van der Waals surface area contributed by atoms with E-state index in [9.17, 15) is 9.90 Å². The Morgan fingerprint density at radius 1 is 1.04 bits per heavy atom. The number of amides is 1. The highest BCUT2D eigenvalue weighted by Crippen LogP contribution is 2.25. The molecule has 0 fully saturated rings. The van der Waals surface area contributed by atoms with E-state index in [0.717, 1.165) is 27.9 Å². The number of pyridine rings is 1. The van der Waals surface area contributed by atoms with Crippen LogP contribution in [0, 0.1) is 6.92 Å². The van der Waals surface area contributed by atoms with Gasteiger partial charge in [0.15, 0.2) is 0 Å². The molecule has 2 N–H and O–H groups in total. The van der Waals surface area contributed by atoms with Crippen LogP contribution in [0.2, 0.25) is 0 Å². The molecule has 0 unspecified atom stereocenters. The van der Waals surface area contributed by atoms with Gasteiger partial charge in [-0.2, -0.15) is 0 Å². The van der Waals surface area contributed by atoms with Crippen LogP contribution in [0.4, 0.5) is 5.69 Å². The van der Waals surface area contributed by atoms with Crippen molar-refractivity contribution in [2.75, 3.05) is 5.32 Å². The molecule has 1 amide bonds. The van der Waals surface area contributed by atoms with Crippen molar-refractivity contribution in [2.45, 2.75) is 13.3 Å². The number of rotatable bonds is 4. The van der Waals surface area contributed by atoms with E-state index < -0.39 is 0 Å². The number of phenolic OH excluding ortho intramolecular Hbond substituents is 1. The zero-order valence-corrected chi connectivity index (χ0v) is 13.4. The third-order valence-electron chi connectivity index (χ3n) is 3.80. The highest BCUT2D eigenvalue weighted by Gasteiger charge is 2.08. The molecule has 3 rings (SSSR count). The Hall–Kier alpha value is -3.14. The number of aryl methyl sites for hydroxylation is 1. The fourth-order valence-electron chi connectivity index (χ4n) is 2.53. The van der Waals surface area contributed by atoms with E-state index >= 15 is 0 Å².